The molecule has 0 atom stereocenters. The Morgan fingerprint density at radius 3 is 2.39 bits per heavy atom. The molecule has 2 aromatic rings. The summed E-state index contributed by atoms with van der Waals surface area (Å²) in [6, 6.07) is 8.09. The third kappa shape index (κ3) is 5.85. The van der Waals surface area contributed by atoms with Crippen LogP contribution in [-0.4, -0.2) is 29.3 Å². The van der Waals surface area contributed by atoms with E-state index in [9.17, 15) is 4.79 Å². The quantitative estimate of drug-likeness (QED) is 0.635. The Hall–Kier alpha value is -1.79. The zero-order valence-corrected chi connectivity index (χ0v) is 18.9. The van der Waals surface area contributed by atoms with Crippen molar-refractivity contribution in [2.24, 2.45) is 5.41 Å². The van der Waals surface area contributed by atoms with Gasteiger partial charge in [-0.2, -0.15) is 5.10 Å². The summed E-state index contributed by atoms with van der Waals surface area (Å²) in [6.07, 6.45) is 3.05. The summed E-state index contributed by atoms with van der Waals surface area (Å²) < 4.78 is 2.17. The van der Waals surface area contributed by atoms with E-state index in [1.165, 1.54) is 10.6 Å². The Morgan fingerprint density at radius 2 is 1.86 bits per heavy atom. The maximum atomic E-state index is 12.2. The molecule has 2 N–H and O–H groups in total. The predicted molar refractivity (Wildman–Crippen MR) is 118 cm³/mol. The van der Waals surface area contributed by atoms with Crippen LogP contribution in [-0.2, 0) is 24.2 Å². The van der Waals surface area contributed by atoms with Crippen LogP contribution in [0.4, 0.5) is 5.69 Å². The second-order valence-electron chi connectivity index (χ2n) is 7.98. The molecule has 154 valence electrons. The van der Waals surface area contributed by atoms with E-state index >= 15 is 0 Å². The first kappa shape index (κ1) is 22.5. The lowest BCUT2D eigenvalue weighted by atomic mass is 9.95. The van der Waals surface area contributed by atoms with Crippen molar-refractivity contribution in [2.75, 3.05) is 18.9 Å². The molecule has 0 saturated carbocycles. The summed E-state index contributed by atoms with van der Waals surface area (Å²) in [5.41, 5.74) is 2.92. The number of aryl methyl sites for hydroxylation is 1. The number of anilines is 1. The molecule has 0 aliphatic carbocycles. The van der Waals surface area contributed by atoms with E-state index in [0.29, 0.717) is 0 Å². The van der Waals surface area contributed by atoms with Gasteiger partial charge in [-0.05, 0) is 44.2 Å². The molecule has 0 bridgehead atoms. The first-order valence-electron chi connectivity index (χ1n) is 10.1. The molecule has 1 aromatic heterocycles. The van der Waals surface area contributed by atoms with Crippen molar-refractivity contribution in [3.63, 3.8) is 0 Å². The molecular formula is C22H34N4OS. The number of amides is 1. The third-order valence-electron chi connectivity index (χ3n) is 4.49. The summed E-state index contributed by atoms with van der Waals surface area (Å²) in [6.45, 7) is 11.9. The lowest BCUT2D eigenvalue weighted by Crippen LogP contribution is -2.27. The van der Waals surface area contributed by atoms with E-state index in [4.69, 9.17) is 5.10 Å². The van der Waals surface area contributed by atoms with Crippen LogP contribution in [0.25, 0.3) is 0 Å². The number of likely N-dealkylation sites (N-methyl/N-ethyl adjacent to an activating group) is 1. The van der Waals surface area contributed by atoms with E-state index in [-0.39, 0.29) is 5.91 Å². The van der Waals surface area contributed by atoms with Crippen LogP contribution in [0.1, 0.15) is 52.4 Å². The van der Waals surface area contributed by atoms with Gasteiger partial charge in [0, 0.05) is 22.5 Å². The Bertz CT molecular complexity index is 775. The molecular weight excluding hydrogens is 368 g/mol. The summed E-state index contributed by atoms with van der Waals surface area (Å²) in [4.78, 5) is 14.6. The minimum absolute atomic E-state index is 0.0252. The van der Waals surface area contributed by atoms with Crippen LogP contribution >= 0.6 is 11.8 Å². The van der Waals surface area contributed by atoms with Gasteiger partial charge in [-0.1, -0.05) is 52.8 Å². The lowest BCUT2D eigenvalue weighted by molar-refractivity contribution is -0.123. The second kappa shape index (κ2) is 10.1. The first-order valence-corrected chi connectivity index (χ1v) is 10.9. The van der Waals surface area contributed by atoms with Gasteiger partial charge in [-0.3, -0.25) is 9.48 Å². The maximum absolute atomic E-state index is 12.2. The lowest BCUT2D eigenvalue weighted by Gasteiger charge is -2.17. The molecule has 1 amide bonds. The smallest absolute Gasteiger partial charge is 0.229 e. The second-order valence-corrected chi connectivity index (χ2v) is 9.07. The molecule has 0 fully saturated rings. The van der Waals surface area contributed by atoms with E-state index in [1.54, 1.807) is 11.8 Å². The van der Waals surface area contributed by atoms with Gasteiger partial charge in [0.1, 0.15) is 0 Å². The predicted octanol–water partition coefficient (Wildman–Crippen LogP) is 4.75. The van der Waals surface area contributed by atoms with E-state index in [1.807, 2.05) is 40.0 Å². The first-order chi connectivity index (χ1) is 13.3. The number of hydrogen-bond acceptors (Lipinski definition) is 4. The molecule has 5 nitrogen and oxygen atoms in total. The zero-order chi connectivity index (χ0) is 20.7. The highest BCUT2D eigenvalue weighted by atomic mass is 32.2. The van der Waals surface area contributed by atoms with Gasteiger partial charge in [0.25, 0.3) is 0 Å². The van der Waals surface area contributed by atoms with E-state index < -0.39 is 5.41 Å². The normalized spacial score (nSPS) is 11.6. The molecule has 0 spiro atoms. The van der Waals surface area contributed by atoms with Crippen LogP contribution in [0.2, 0.25) is 0 Å². The minimum atomic E-state index is -0.402. The molecule has 0 saturated heterocycles. The number of aromatic nitrogens is 2. The van der Waals surface area contributed by atoms with Crippen molar-refractivity contribution in [3.05, 3.63) is 35.7 Å². The van der Waals surface area contributed by atoms with Crippen molar-refractivity contribution >= 4 is 23.4 Å². The summed E-state index contributed by atoms with van der Waals surface area (Å²) in [7, 11) is 1.97. The van der Waals surface area contributed by atoms with Crippen molar-refractivity contribution in [2.45, 2.75) is 70.2 Å². The molecule has 0 aliphatic heterocycles. The molecule has 1 heterocycles. The van der Waals surface area contributed by atoms with E-state index in [2.05, 4.69) is 41.3 Å². The standard InChI is InChI=1S/C22H34N4OS/c1-7-9-19-20(18(8-2)25-26(19)15-14-23-6)28-17-12-10-16(11-13-17)24-21(27)22(3,4)5/h10-13,23H,7-9,14-15H2,1-6H3,(H,24,27). The van der Waals surface area contributed by atoms with Crippen molar-refractivity contribution in [1.29, 1.82) is 0 Å². The molecule has 1 aromatic carbocycles. The zero-order valence-electron chi connectivity index (χ0n) is 18.1. The Labute approximate surface area is 173 Å². The Balaban J connectivity index is 2.22. The maximum Gasteiger partial charge on any atom is 0.229 e. The fourth-order valence-corrected chi connectivity index (χ4v) is 3.95. The van der Waals surface area contributed by atoms with Gasteiger partial charge < -0.3 is 10.6 Å². The van der Waals surface area contributed by atoms with Crippen molar-refractivity contribution in [3.8, 4) is 0 Å². The van der Waals surface area contributed by atoms with Gasteiger partial charge in [0.15, 0.2) is 0 Å². The molecule has 2 rings (SSSR count). The number of hydrogen-bond donors (Lipinski definition) is 2. The number of carbonyl (C=O) groups is 1. The van der Waals surface area contributed by atoms with Gasteiger partial charge in [-0.15, -0.1) is 0 Å². The van der Waals surface area contributed by atoms with Crippen molar-refractivity contribution < 1.29 is 4.79 Å². The van der Waals surface area contributed by atoms with Crippen LogP contribution < -0.4 is 10.6 Å². The molecule has 0 radical (unpaired) electrons. The van der Waals surface area contributed by atoms with Crippen LogP contribution in [0.15, 0.2) is 34.1 Å². The molecule has 6 heteroatoms. The molecule has 28 heavy (non-hydrogen) atoms. The summed E-state index contributed by atoms with van der Waals surface area (Å²) in [5.74, 6) is 0.0252. The summed E-state index contributed by atoms with van der Waals surface area (Å²) >= 11 is 1.78. The van der Waals surface area contributed by atoms with Crippen LogP contribution in [0.3, 0.4) is 0 Å². The van der Waals surface area contributed by atoms with E-state index in [0.717, 1.165) is 48.6 Å². The van der Waals surface area contributed by atoms with Gasteiger partial charge >= 0.3 is 0 Å². The summed E-state index contributed by atoms with van der Waals surface area (Å²) in [5, 5.41) is 11.1. The van der Waals surface area contributed by atoms with Gasteiger partial charge in [-0.25, -0.2) is 0 Å². The fourth-order valence-electron chi connectivity index (χ4n) is 2.81. The minimum Gasteiger partial charge on any atom is -0.326 e. The average molecular weight is 403 g/mol. The number of rotatable bonds is 9. The number of carbonyl (C=O) groups excluding carboxylic acids is 1. The van der Waals surface area contributed by atoms with Crippen LogP contribution in [0, 0.1) is 5.41 Å². The third-order valence-corrected chi connectivity index (χ3v) is 5.67. The molecule has 0 aliphatic rings. The monoisotopic (exact) mass is 402 g/mol. The van der Waals surface area contributed by atoms with Crippen LogP contribution in [0.5, 0.6) is 0 Å². The average Bonchev–Trinajstić information content (AvgIpc) is 2.98. The number of nitrogens with one attached hydrogen (secondary N) is 2. The highest BCUT2D eigenvalue weighted by Gasteiger charge is 2.21. The van der Waals surface area contributed by atoms with Gasteiger partial charge in [0.05, 0.1) is 22.8 Å². The number of nitrogens with zero attached hydrogens (tertiary/aromatic N) is 2. The van der Waals surface area contributed by atoms with Crippen molar-refractivity contribution in [1.82, 2.24) is 15.1 Å². The fraction of sp³-hybridized carbons (Fsp3) is 0.545. The Kier molecular flexibility index (Phi) is 8.13. The molecule has 0 unspecified atom stereocenters. The van der Waals surface area contributed by atoms with Gasteiger partial charge in [0.2, 0.25) is 5.91 Å². The Morgan fingerprint density at radius 1 is 1.18 bits per heavy atom. The number of benzene rings is 1. The highest BCUT2D eigenvalue weighted by molar-refractivity contribution is 7.99. The SMILES string of the molecule is CCCc1c(Sc2ccc(NC(=O)C(C)(C)C)cc2)c(CC)nn1CCNC. The largest absolute Gasteiger partial charge is 0.326 e. The topological polar surface area (TPSA) is 59.0 Å². The highest BCUT2D eigenvalue weighted by Crippen LogP contribution is 2.35.